The third-order valence-electron chi connectivity index (χ3n) is 3.58. The van der Waals surface area contributed by atoms with Gasteiger partial charge in [0.25, 0.3) is 0 Å². The highest BCUT2D eigenvalue weighted by atomic mass is 16.5. The van der Waals surface area contributed by atoms with Gasteiger partial charge in [0.2, 0.25) is 5.91 Å². The third-order valence-corrected chi connectivity index (χ3v) is 3.58. The summed E-state index contributed by atoms with van der Waals surface area (Å²) in [6.45, 7) is 1.54. The first-order chi connectivity index (χ1) is 9.66. The van der Waals surface area contributed by atoms with Gasteiger partial charge in [0.15, 0.2) is 5.78 Å². The number of anilines is 1. The Morgan fingerprint density at radius 1 is 1.20 bits per heavy atom. The van der Waals surface area contributed by atoms with Gasteiger partial charge >= 0.3 is 0 Å². The van der Waals surface area contributed by atoms with Gasteiger partial charge in [-0.3, -0.25) is 9.59 Å². The van der Waals surface area contributed by atoms with Gasteiger partial charge in [-0.15, -0.1) is 0 Å². The first-order valence-corrected chi connectivity index (χ1v) is 7.18. The van der Waals surface area contributed by atoms with E-state index in [2.05, 4.69) is 5.32 Å². The van der Waals surface area contributed by atoms with Gasteiger partial charge in [-0.05, 0) is 31.9 Å². The Balaban J connectivity index is 1.86. The van der Waals surface area contributed by atoms with Gasteiger partial charge in [-0.25, -0.2) is 0 Å². The molecule has 1 N–H and O–H groups in total. The first-order valence-electron chi connectivity index (χ1n) is 7.18. The number of para-hydroxylation sites is 1. The molecule has 0 aliphatic heterocycles. The van der Waals surface area contributed by atoms with Crippen LogP contribution in [0, 0.1) is 0 Å². The molecule has 0 heterocycles. The second-order valence-electron chi connectivity index (χ2n) is 5.22. The SMILES string of the molecule is CC(=O)c1ccccc1NC(=O)COC1CCCCC1. The Kier molecular flexibility index (Phi) is 5.30. The molecule has 1 aromatic rings. The van der Waals surface area contributed by atoms with E-state index < -0.39 is 0 Å². The van der Waals surface area contributed by atoms with Crippen LogP contribution in [-0.4, -0.2) is 24.4 Å². The standard InChI is InChI=1S/C16H21NO3/c1-12(18)14-9-5-6-10-15(14)17-16(19)11-20-13-7-3-2-4-8-13/h5-6,9-10,13H,2-4,7-8,11H2,1H3,(H,17,19). The maximum Gasteiger partial charge on any atom is 0.250 e. The highest BCUT2D eigenvalue weighted by Gasteiger charge is 2.16. The zero-order chi connectivity index (χ0) is 14.4. The van der Waals surface area contributed by atoms with Crippen molar-refractivity contribution in [2.24, 2.45) is 0 Å². The molecular formula is C16H21NO3. The van der Waals surface area contributed by atoms with Gasteiger partial charge in [-0.2, -0.15) is 0 Å². The van der Waals surface area contributed by atoms with E-state index in [9.17, 15) is 9.59 Å². The summed E-state index contributed by atoms with van der Waals surface area (Å²) in [4.78, 5) is 23.4. The molecule has 0 aromatic heterocycles. The molecule has 1 aromatic carbocycles. The average molecular weight is 275 g/mol. The number of benzene rings is 1. The highest BCUT2D eigenvalue weighted by Crippen LogP contribution is 2.20. The lowest BCUT2D eigenvalue weighted by atomic mass is 9.98. The van der Waals surface area contributed by atoms with E-state index >= 15 is 0 Å². The molecule has 1 aliphatic carbocycles. The van der Waals surface area contributed by atoms with Crippen LogP contribution in [0.5, 0.6) is 0 Å². The summed E-state index contributed by atoms with van der Waals surface area (Å²) in [6, 6.07) is 7.02. The zero-order valence-electron chi connectivity index (χ0n) is 11.9. The fourth-order valence-electron chi connectivity index (χ4n) is 2.51. The molecule has 1 fully saturated rings. The molecule has 4 nitrogen and oxygen atoms in total. The molecular weight excluding hydrogens is 254 g/mol. The number of carbonyl (C=O) groups excluding carboxylic acids is 2. The molecule has 1 amide bonds. The van der Waals surface area contributed by atoms with Crippen LogP contribution in [0.15, 0.2) is 24.3 Å². The number of ketones is 1. The number of ether oxygens (including phenoxy) is 1. The van der Waals surface area contributed by atoms with Crippen LogP contribution >= 0.6 is 0 Å². The molecule has 2 rings (SSSR count). The fraction of sp³-hybridized carbons (Fsp3) is 0.500. The molecule has 0 atom stereocenters. The van der Waals surface area contributed by atoms with E-state index in [4.69, 9.17) is 4.74 Å². The number of hydrogen-bond donors (Lipinski definition) is 1. The lowest BCUT2D eigenvalue weighted by molar-refractivity contribution is -0.123. The van der Waals surface area contributed by atoms with Crippen molar-refractivity contribution < 1.29 is 14.3 Å². The Labute approximate surface area is 119 Å². The van der Waals surface area contributed by atoms with Gasteiger partial charge in [0.1, 0.15) is 6.61 Å². The van der Waals surface area contributed by atoms with Crippen molar-refractivity contribution in [1.82, 2.24) is 0 Å². The van der Waals surface area contributed by atoms with Crippen LogP contribution in [0.25, 0.3) is 0 Å². The van der Waals surface area contributed by atoms with Crippen molar-refractivity contribution in [3.63, 3.8) is 0 Å². The Morgan fingerprint density at radius 3 is 2.60 bits per heavy atom. The Bertz CT molecular complexity index is 478. The number of amides is 1. The maximum absolute atomic E-state index is 11.9. The lowest BCUT2D eigenvalue weighted by Gasteiger charge is -2.21. The Hall–Kier alpha value is -1.68. The van der Waals surface area contributed by atoms with Gasteiger partial charge < -0.3 is 10.1 Å². The summed E-state index contributed by atoms with van der Waals surface area (Å²) >= 11 is 0. The predicted octanol–water partition coefficient (Wildman–Crippen LogP) is 3.18. The quantitative estimate of drug-likeness (QED) is 0.840. The molecule has 108 valence electrons. The molecule has 0 saturated heterocycles. The first kappa shape index (κ1) is 14.7. The van der Waals surface area contributed by atoms with Crippen molar-refractivity contribution in [2.45, 2.75) is 45.1 Å². The van der Waals surface area contributed by atoms with Crippen LogP contribution in [0.3, 0.4) is 0 Å². The minimum atomic E-state index is -0.204. The molecule has 0 bridgehead atoms. The summed E-state index contributed by atoms with van der Waals surface area (Å²) in [5.74, 6) is -0.265. The van der Waals surface area contributed by atoms with Crippen LogP contribution in [0.1, 0.15) is 49.4 Å². The maximum atomic E-state index is 11.9. The number of nitrogens with one attached hydrogen (secondary N) is 1. The normalized spacial score (nSPS) is 15.8. The summed E-state index contributed by atoms with van der Waals surface area (Å²) in [7, 11) is 0. The Morgan fingerprint density at radius 2 is 1.90 bits per heavy atom. The number of hydrogen-bond acceptors (Lipinski definition) is 3. The molecule has 1 saturated carbocycles. The van der Waals surface area contributed by atoms with E-state index in [1.807, 2.05) is 0 Å². The van der Waals surface area contributed by atoms with Crippen LogP contribution < -0.4 is 5.32 Å². The summed E-state index contributed by atoms with van der Waals surface area (Å²) < 4.78 is 5.62. The van der Waals surface area contributed by atoms with Gasteiger partial charge in [0.05, 0.1) is 11.8 Å². The number of Topliss-reactive ketones (excluding diaryl/α,β-unsaturated/α-hetero) is 1. The second kappa shape index (κ2) is 7.20. The second-order valence-corrected chi connectivity index (χ2v) is 5.22. The van der Waals surface area contributed by atoms with E-state index in [0.29, 0.717) is 11.3 Å². The highest BCUT2D eigenvalue weighted by molar-refractivity contribution is 6.03. The average Bonchev–Trinajstić information content (AvgIpc) is 2.46. The molecule has 4 heteroatoms. The predicted molar refractivity (Wildman–Crippen MR) is 77.9 cm³/mol. The number of carbonyl (C=O) groups is 2. The van der Waals surface area contributed by atoms with Gasteiger partial charge in [0, 0.05) is 5.56 Å². The summed E-state index contributed by atoms with van der Waals surface area (Å²) in [6.07, 6.45) is 5.91. The molecule has 0 spiro atoms. The van der Waals surface area contributed by atoms with Crippen molar-refractivity contribution in [2.75, 3.05) is 11.9 Å². The zero-order valence-corrected chi connectivity index (χ0v) is 11.9. The summed E-state index contributed by atoms with van der Waals surface area (Å²) in [5, 5.41) is 2.75. The minimum Gasteiger partial charge on any atom is -0.368 e. The van der Waals surface area contributed by atoms with Crippen molar-refractivity contribution in [3.8, 4) is 0 Å². The third kappa shape index (κ3) is 4.17. The van der Waals surface area contributed by atoms with Crippen LogP contribution in [-0.2, 0) is 9.53 Å². The topological polar surface area (TPSA) is 55.4 Å². The van der Waals surface area contributed by atoms with E-state index in [-0.39, 0.29) is 24.4 Å². The van der Waals surface area contributed by atoms with Crippen LogP contribution in [0.4, 0.5) is 5.69 Å². The smallest absolute Gasteiger partial charge is 0.250 e. The van der Waals surface area contributed by atoms with E-state index in [1.54, 1.807) is 24.3 Å². The largest absolute Gasteiger partial charge is 0.368 e. The fourth-order valence-corrected chi connectivity index (χ4v) is 2.51. The van der Waals surface area contributed by atoms with Crippen molar-refractivity contribution >= 4 is 17.4 Å². The molecule has 0 radical (unpaired) electrons. The monoisotopic (exact) mass is 275 g/mol. The molecule has 0 unspecified atom stereocenters. The van der Waals surface area contributed by atoms with Crippen molar-refractivity contribution in [3.05, 3.63) is 29.8 Å². The van der Waals surface area contributed by atoms with Crippen LogP contribution in [0.2, 0.25) is 0 Å². The van der Waals surface area contributed by atoms with Crippen molar-refractivity contribution in [1.29, 1.82) is 0 Å². The van der Waals surface area contributed by atoms with E-state index in [0.717, 1.165) is 12.8 Å². The van der Waals surface area contributed by atoms with E-state index in [1.165, 1.54) is 26.2 Å². The lowest BCUT2D eigenvalue weighted by Crippen LogP contribution is -2.25. The minimum absolute atomic E-state index is 0.0525. The molecule has 1 aliphatic rings. The van der Waals surface area contributed by atoms with Gasteiger partial charge in [-0.1, -0.05) is 31.4 Å². The number of rotatable bonds is 5. The molecule has 20 heavy (non-hydrogen) atoms. The summed E-state index contributed by atoms with van der Waals surface area (Å²) in [5.41, 5.74) is 1.08.